The number of fused-ring (bicyclic) bond motifs is 1. The lowest BCUT2D eigenvalue weighted by molar-refractivity contribution is 0.227. The molecule has 2 aromatic rings. The molecular weight excluding hydrogens is 328 g/mol. The number of nitrogens with one attached hydrogen (secondary N) is 1. The zero-order valence-electron chi connectivity index (χ0n) is 13.5. The molecule has 0 unspecified atom stereocenters. The smallest absolute Gasteiger partial charge is 0.336 e. The fourth-order valence-electron chi connectivity index (χ4n) is 2.99. The quantitative estimate of drug-likeness (QED) is 0.636. The number of piperidine rings is 1. The summed E-state index contributed by atoms with van der Waals surface area (Å²) < 4.78 is 32.4. The maximum Gasteiger partial charge on any atom is 0.336 e. The Morgan fingerprint density at radius 1 is 1.08 bits per heavy atom. The Bertz CT molecular complexity index is 854. The monoisotopic (exact) mass is 350 g/mol. The zero-order valence-corrected chi connectivity index (χ0v) is 14.3. The van der Waals surface area contributed by atoms with Gasteiger partial charge < -0.3 is 9.32 Å². The Kier molecular flexibility index (Phi) is 5.33. The number of hydrogen-bond acceptors (Lipinski definition) is 5. The second-order valence-electron chi connectivity index (χ2n) is 6.11. The van der Waals surface area contributed by atoms with Gasteiger partial charge in [0.1, 0.15) is 5.58 Å². The lowest BCUT2D eigenvalue weighted by Gasteiger charge is -2.26. The van der Waals surface area contributed by atoms with Crippen LogP contribution in [0, 0.1) is 0 Å². The second-order valence-corrected chi connectivity index (χ2v) is 7.87. The first kappa shape index (κ1) is 17.1. The molecule has 1 aromatic heterocycles. The van der Waals surface area contributed by atoms with Gasteiger partial charge in [0.25, 0.3) is 0 Å². The van der Waals surface area contributed by atoms with Gasteiger partial charge in [-0.2, -0.15) is 0 Å². The van der Waals surface area contributed by atoms with Crippen LogP contribution in [0.4, 0.5) is 0 Å². The van der Waals surface area contributed by atoms with E-state index in [1.54, 1.807) is 6.07 Å². The van der Waals surface area contributed by atoms with Crippen LogP contribution >= 0.6 is 0 Å². The standard InChI is InChI=1S/C17H22N2O4S/c20-17-8-5-14-13-15(6-7-16(14)23-17)24(21,22)18-9-4-12-19-10-2-1-3-11-19/h5-8,13,18H,1-4,9-12H2. The van der Waals surface area contributed by atoms with Crippen molar-refractivity contribution in [2.45, 2.75) is 30.6 Å². The van der Waals surface area contributed by atoms with Gasteiger partial charge >= 0.3 is 5.63 Å². The molecule has 0 radical (unpaired) electrons. The molecule has 0 atom stereocenters. The summed E-state index contributed by atoms with van der Waals surface area (Å²) in [6, 6.07) is 7.34. The van der Waals surface area contributed by atoms with Gasteiger partial charge in [0.15, 0.2) is 0 Å². The SMILES string of the molecule is O=c1ccc2cc(S(=O)(=O)NCCCN3CCCCC3)ccc2o1. The fraction of sp³-hybridized carbons (Fsp3) is 0.471. The van der Waals surface area contributed by atoms with Gasteiger partial charge in [-0.15, -0.1) is 0 Å². The number of benzene rings is 1. The first-order valence-corrected chi connectivity index (χ1v) is 9.79. The third-order valence-corrected chi connectivity index (χ3v) is 5.75. The van der Waals surface area contributed by atoms with E-state index in [9.17, 15) is 13.2 Å². The van der Waals surface area contributed by atoms with Crippen molar-refractivity contribution in [3.63, 3.8) is 0 Å². The lowest BCUT2D eigenvalue weighted by atomic mass is 10.1. The van der Waals surface area contributed by atoms with Crippen LogP contribution in [0.5, 0.6) is 0 Å². The number of nitrogens with zero attached hydrogens (tertiary/aromatic N) is 1. The summed E-state index contributed by atoms with van der Waals surface area (Å²) in [6.45, 7) is 3.57. The normalized spacial score (nSPS) is 16.5. The van der Waals surface area contributed by atoms with Crippen LogP contribution in [0.25, 0.3) is 11.0 Å². The summed E-state index contributed by atoms with van der Waals surface area (Å²) in [6.07, 6.45) is 4.56. The van der Waals surface area contributed by atoms with E-state index >= 15 is 0 Å². The van der Waals surface area contributed by atoms with E-state index in [4.69, 9.17) is 4.42 Å². The van der Waals surface area contributed by atoms with Crippen molar-refractivity contribution in [2.75, 3.05) is 26.2 Å². The summed E-state index contributed by atoms with van der Waals surface area (Å²) in [5.41, 5.74) is -0.0690. The van der Waals surface area contributed by atoms with E-state index in [0.29, 0.717) is 17.5 Å². The number of sulfonamides is 1. The summed E-state index contributed by atoms with van der Waals surface area (Å²) in [5, 5.41) is 0.589. The van der Waals surface area contributed by atoms with Crippen molar-refractivity contribution in [3.05, 3.63) is 40.8 Å². The molecule has 3 rings (SSSR count). The van der Waals surface area contributed by atoms with Crippen molar-refractivity contribution in [3.8, 4) is 0 Å². The van der Waals surface area contributed by atoms with E-state index < -0.39 is 15.6 Å². The molecule has 0 bridgehead atoms. The third-order valence-electron chi connectivity index (χ3n) is 4.29. The maximum absolute atomic E-state index is 12.4. The van der Waals surface area contributed by atoms with Crippen LogP contribution in [-0.2, 0) is 10.0 Å². The van der Waals surface area contributed by atoms with Gasteiger partial charge in [0.05, 0.1) is 4.90 Å². The first-order chi connectivity index (χ1) is 11.5. The largest absolute Gasteiger partial charge is 0.423 e. The number of hydrogen-bond donors (Lipinski definition) is 1. The van der Waals surface area contributed by atoms with E-state index in [1.807, 2.05) is 0 Å². The Labute approximate surface area is 141 Å². The minimum atomic E-state index is -3.55. The van der Waals surface area contributed by atoms with Crippen LogP contribution in [-0.4, -0.2) is 39.5 Å². The zero-order chi connectivity index (χ0) is 17.0. The van der Waals surface area contributed by atoms with Gasteiger partial charge in [0.2, 0.25) is 10.0 Å². The van der Waals surface area contributed by atoms with E-state index in [-0.39, 0.29) is 4.90 Å². The highest BCUT2D eigenvalue weighted by Crippen LogP contribution is 2.17. The minimum Gasteiger partial charge on any atom is -0.423 e. The molecule has 0 amide bonds. The average molecular weight is 350 g/mol. The van der Waals surface area contributed by atoms with Gasteiger partial charge in [-0.1, -0.05) is 6.42 Å². The Balaban J connectivity index is 1.60. The van der Waals surface area contributed by atoms with Crippen molar-refractivity contribution in [1.82, 2.24) is 9.62 Å². The molecule has 1 N–H and O–H groups in total. The van der Waals surface area contributed by atoms with Gasteiger partial charge in [0, 0.05) is 18.0 Å². The summed E-state index contributed by atoms with van der Waals surface area (Å²) in [5.74, 6) is 0. The predicted molar refractivity (Wildman–Crippen MR) is 92.6 cm³/mol. The summed E-state index contributed by atoms with van der Waals surface area (Å²) in [4.78, 5) is 13.7. The van der Waals surface area contributed by atoms with Gasteiger partial charge in [-0.05, 0) is 63.2 Å². The minimum absolute atomic E-state index is 0.182. The third kappa shape index (κ3) is 4.23. The highest BCUT2D eigenvalue weighted by atomic mass is 32.2. The molecule has 0 saturated carbocycles. The highest BCUT2D eigenvalue weighted by Gasteiger charge is 2.15. The molecule has 130 valence electrons. The van der Waals surface area contributed by atoms with E-state index in [2.05, 4.69) is 9.62 Å². The first-order valence-electron chi connectivity index (χ1n) is 8.30. The molecule has 6 nitrogen and oxygen atoms in total. The average Bonchev–Trinajstić information content (AvgIpc) is 2.59. The second kappa shape index (κ2) is 7.46. The van der Waals surface area contributed by atoms with E-state index in [0.717, 1.165) is 26.1 Å². The predicted octanol–water partition coefficient (Wildman–Crippen LogP) is 1.95. The Hall–Kier alpha value is -1.70. The van der Waals surface area contributed by atoms with Crippen molar-refractivity contribution < 1.29 is 12.8 Å². The Morgan fingerprint density at radius 3 is 2.67 bits per heavy atom. The molecule has 1 aromatic carbocycles. The van der Waals surface area contributed by atoms with Crippen LogP contribution in [0.1, 0.15) is 25.7 Å². The topological polar surface area (TPSA) is 79.6 Å². The number of rotatable bonds is 6. The number of likely N-dealkylation sites (tertiary alicyclic amines) is 1. The molecule has 0 spiro atoms. The molecular formula is C17H22N2O4S. The maximum atomic E-state index is 12.4. The molecule has 0 aliphatic carbocycles. The molecule has 1 saturated heterocycles. The van der Waals surface area contributed by atoms with Crippen LogP contribution in [0.2, 0.25) is 0 Å². The van der Waals surface area contributed by atoms with Crippen molar-refractivity contribution in [1.29, 1.82) is 0 Å². The van der Waals surface area contributed by atoms with Crippen molar-refractivity contribution >= 4 is 21.0 Å². The molecule has 24 heavy (non-hydrogen) atoms. The van der Waals surface area contributed by atoms with Gasteiger partial charge in [-0.25, -0.2) is 17.9 Å². The fourth-order valence-corrected chi connectivity index (χ4v) is 4.10. The van der Waals surface area contributed by atoms with Gasteiger partial charge in [-0.3, -0.25) is 0 Å². The summed E-state index contributed by atoms with van der Waals surface area (Å²) >= 11 is 0. The van der Waals surface area contributed by atoms with Crippen molar-refractivity contribution in [2.24, 2.45) is 0 Å². The lowest BCUT2D eigenvalue weighted by Crippen LogP contribution is -2.33. The van der Waals surface area contributed by atoms with Crippen LogP contribution in [0.3, 0.4) is 0 Å². The van der Waals surface area contributed by atoms with Crippen LogP contribution in [0.15, 0.2) is 44.4 Å². The summed E-state index contributed by atoms with van der Waals surface area (Å²) in [7, 11) is -3.55. The molecule has 7 heteroatoms. The van der Waals surface area contributed by atoms with E-state index in [1.165, 1.54) is 43.5 Å². The highest BCUT2D eigenvalue weighted by molar-refractivity contribution is 7.89. The molecule has 1 aliphatic rings. The molecule has 1 fully saturated rings. The molecule has 1 aliphatic heterocycles. The molecule has 2 heterocycles. The van der Waals surface area contributed by atoms with Crippen LogP contribution < -0.4 is 10.3 Å². The Morgan fingerprint density at radius 2 is 1.88 bits per heavy atom.